The summed E-state index contributed by atoms with van der Waals surface area (Å²) in [4.78, 5) is 18.0. The molecule has 2 rings (SSSR count). The Morgan fingerprint density at radius 3 is 2.65 bits per heavy atom. The third-order valence-electron chi connectivity index (χ3n) is 2.75. The van der Waals surface area contributed by atoms with Gasteiger partial charge in [0.1, 0.15) is 11.6 Å². The molecule has 0 aliphatic rings. The highest BCUT2D eigenvalue weighted by Crippen LogP contribution is 2.12. The first kappa shape index (κ1) is 11.4. The minimum atomic E-state index is -0.212. The highest BCUT2D eigenvalue weighted by atomic mass is 16.1. The Morgan fingerprint density at radius 2 is 2.00 bits per heavy atom. The van der Waals surface area contributed by atoms with Gasteiger partial charge in [-0.15, -0.1) is 0 Å². The number of H-pyrrole nitrogens is 1. The van der Waals surface area contributed by atoms with Gasteiger partial charge in [-0.1, -0.05) is 18.2 Å². The maximum atomic E-state index is 11.2. The number of hydrogen-bond acceptors (Lipinski definition) is 3. The number of nitrogens with two attached hydrogens (primary N) is 1. The summed E-state index contributed by atoms with van der Waals surface area (Å²) in [5.41, 5.74) is 8.92. The Hall–Kier alpha value is -2.10. The predicted molar refractivity (Wildman–Crippen MR) is 68.0 cm³/mol. The number of benzene rings is 1. The number of nitrogens with one attached hydrogen (secondary N) is 1. The number of nitrogen functional groups attached to an aromatic ring is 1. The SMILES string of the molecule is Cc1ccc(Cc2nc(N)cc(=O)[nH]2)cc1C. The van der Waals surface area contributed by atoms with Crippen molar-refractivity contribution in [1.82, 2.24) is 9.97 Å². The maximum Gasteiger partial charge on any atom is 0.252 e. The van der Waals surface area contributed by atoms with Crippen LogP contribution in [-0.2, 0) is 6.42 Å². The van der Waals surface area contributed by atoms with Crippen LogP contribution in [0, 0.1) is 13.8 Å². The normalized spacial score (nSPS) is 10.5. The molecule has 0 atom stereocenters. The second-order valence-electron chi connectivity index (χ2n) is 4.21. The Labute approximate surface area is 99.5 Å². The first-order valence-electron chi connectivity index (χ1n) is 5.46. The highest BCUT2D eigenvalue weighted by Gasteiger charge is 2.02. The van der Waals surface area contributed by atoms with Crippen molar-refractivity contribution in [3.05, 3.63) is 57.1 Å². The highest BCUT2D eigenvalue weighted by molar-refractivity contribution is 5.32. The zero-order valence-electron chi connectivity index (χ0n) is 9.95. The van der Waals surface area contributed by atoms with E-state index >= 15 is 0 Å². The number of hydrogen-bond donors (Lipinski definition) is 2. The van der Waals surface area contributed by atoms with Crippen molar-refractivity contribution in [3.8, 4) is 0 Å². The lowest BCUT2D eigenvalue weighted by Crippen LogP contribution is -2.12. The maximum absolute atomic E-state index is 11.2. The summed E-state index contributed by atoms with van der Waals surface area (Å²) in [6, 6.07) is 7.48. The Kier molecular flexibility index (Phi) is 2.95. The van der Waals surface area contributed by atoms with Crippen LogP contribution < -0.4 is 11.3 Å². The van der Waals surface area contributed by atoms with E-state index in [4.69, 9.17) is 5.73 Å². The molecule has 4 nitrogen and oxygen atoms in total. The van der Waals surface area contributed by atoms with Gasteiger partial charge < -0.3 is 10.7 Å². The molecular weight excluding hydrogens is 214 g/mol. The fraction of sp³-hybridized carbons (Fsp3) is 0.231. The monoisotopic (exact) mass is 229 g/mol. The number of aromatic nitrogens is 2. The standard InChI is InChI=1S/C13H15N3O/c1-8-3-4-10(5-9(8)2)6-12-15-11(14)7-13(17)16-12/h3-5,7H,6H2,1-2H3,(H3,14,15,16,17). The van der Waals surface area contributed by atoms with Crippen LogP contribution in [0.2, 0.25) is 0 Å². The van der Waals surface area contributed by atoms with Crippen LogP contribution in [-0.4, -0.2) is 9.97 Å². The van der Waals surface area contributed by atoms with Crippen LogP contribution in [0.3, 0.4) is 0 Å². The topological polar surface area (TPSA) is 71.8 Å². The molecule has 0 aliphatic carbocycles. The smallest absolute Gasteiger partial charge is 0.252 e. The van der Waals surface area contributed by atoms with E-state index < -0.39 is 0 Å². The van der Waals surface area contributed by atoms with Crippen LogP contribution >= 0.6 is 0 Å². The molecule has 0 saturated heterocycles. The van der Waals surface area contributed by atoms with Gasteiger partial charge in [-0.05, 0) is 30.5 Å². The number of anilines is 1. The van der Waals surface area contributed by atoms with Crippen molar-refractivity contribution in [2.75, 3.05) is 5.73 Å². The lowest BCUT2D eigenvalue weighted by atomic mass is 10.0. The van der Waals surface area contributed by atoms with Gasteiger partial charge in [0.25, 0.3) is 5.56 Å². The molecule has 1 aromatic carbocycles. The molecule has 0 aliphatic heterocycles. The number of nitrogens with zero attached hydrogens (tertiary/aromatic N) is 1. The zero-order valence-corrected chi connectivity index (χ0v) is 9.95. The van der Waals surface area contributed by atoms with Crippen LogP contribution in [0.5, 0.6) is 0 Å². The molecule has 4 heteroatoms. The predicted octanol–water partition coefficient (Wildman–Crippen LogP) is 1.56. The Morgan fingerprint density at radius 1 is 1.24 bits per heavy atom. The van der Waals surface area contributed by atoms with Crippen molar-refractivity contribution in [2.45, 2.75) is 20.3 Å². The molecule has 1 aromatic heterocycles. The van der Waals surface area contributed by atoms with Crippen LogP contribution in [0.15, 0.2) is 29.1 Å². The summed E-state index contributed by atoms with van der Waals surface area (Å²) >= 11 is 0. The lowest BCUT2D eigenvalue weighted by molar-refractivity contribution is 0.950. The molecule has 88 valence electrons. The van der Waals surface area contributed by atoms with Gasteiger partial charge >= 0.3 is 0 Å². The Bertz CT molecular complexity index is 602. The van der Waals surface area contributed by atoms with Crippen LogP contribution in [0.1, 0.15) is 22.5 Å². The summed E-state index contributed by atoms with van der Waals surface area (Å²) in [5, 5.41) is 0. The fourth-order valence-electron chi connectivity index (χ4n) is 1.72. The molecular formula is C13H15N3O. The second kappa shape index (κ2) is 4.41. The zero-order chi connectivity index (χ0) is 12.4. The van der Waals surface area contributed by atoms with Crippen molar-refractivity contribution >= 4 is 5.82 Å². The van der Waals surface area contributed by atoms with Crippen LogP contribution in [0.25, 0.3) is 0 Å². The van der Waals surface area contributed by atoms with Crippen molar-refractivity contribution in [3.63, 3.8) is 0 Å². The second-order valence-corrected chi connectivity index (χ2v) is 4.21. The molecule has 0 amide bonds. The quantitative estimate of drug-likeness (QED) is 0.820. The summed E-state index contributed by atoms with van der Waals surface area (Å²) in [6.07, 6.45) is 0.585. The van der Waals surface area contributed by atoms with Gasteiger partial charge in [0.2, 0.25) is 0 Å². The molecule has 3 N–H and O–H groups in total. The van der Waals surface area contributed by atoms with E-state index in [1.165, 1.54) is 17.2 Å². The fourth-order valence-corrected chi connectivity index (χ4v) is 1.72. The van der Waals surface area contributed by atoms with Gasteiger partial charge in [-0.2, -0.15) is 0 Å². The first-order chi connectivity index (χ1) is 8.04. The van der Waals surface area contributed by atoms with Gasteiger partial charge in [-0.25, -0.2) is 4.98 Å². The van der Waals surface area contributed by atoms with Crippen molar-refractivity contribution in [1.29, 1.82) is 0 Å². The third-order valence-corrected chi connectivity index (χ3v) is 2.75. The molecule has 0 spiro atoms. The minimum Gasteiger partial charge on any atom is -0.383 e. The number of rotatable bonds is 2. The molecule has 1 heterocycles. The molecule has 17 heavy (non-hydrogen) atoms. The van der Waals surface area contributed by atoms with Gasteiger partial charge in [0.05, 0.1) is 0 Å². The molecule has 0 unspecified atom stereocenters. The van der Waals surface area contributed by atoms with E-state index in [-0.39, 0.29) is 11.4 Å². The summed E-state index contributed by atoms with van der Waals surface area (Å²) in [6.45, 7) is 4.13. The molecule has 0 radical (unpaired) electrons. The van der Waals surface area contributed by atoms with E-state index in [1.807, 2.05) is 6.07 Å². The largest absolute Gasteiger partial charge is 0.383 e. The van der Waals surface area contributed by atoms with Gasteiger partial charge in [0.15, 0.2) is 0 Å². The number of aryl methyl sites for hydroxylation is 2. The average Bonchev–Trinajstić information content (AvgIpc) is 2.22. The lowest BCUT2D eigenvalue weighted by Gasteiger charge is -2.05. The van der Waals surface area contributed by atoms with Gasteiger partial charge in [-0.3, -0.25) is 4.79 Å². The molecule has 0 bridgehead atoms. The summed E-state index contributed by atoms with van der Waals surface area (Å²) < 4.78 is 0. The molecule has 0 saturated carbocycles. The first-order valence-corrected chi connectivity index (χ1v) is 5.46. The minimum absolute atomic E-state index is 0.212. The van der Waals surface area contributed by atoms with E-state index in [9.17, 15) is 4.79 Å². The average molecular weight is 229 g/mol. The van der Waals surface area contributed by atoms with Crippen molar-refractivity contribution in [2.24, 2.45) is 0 Å². The summed E-state index contributed by atoms with van der Waals surface area (Å²) in [5.74, 6) is 0.853. The molecule has 0 fully saturated rings. The number of aromatic amines is 1. The summed E-state index contributed by atoms with van der Waals surface area (Å²) in [7, 11) is 0. The third kappa shape index (κ3) is 2.72. The van der Waals surface area contributed by atoms with Gasteiger partial charge in [0, 0.05) is 12.5 Å². The van der Waals surface area contributed by atoms with Crippen LogP contribution in [0.4, 0.5) is 5.82 Å². The van der Waals surface area contributed by atoms with E-state index in [0.29, 0.717) is 12.2 Å². The Balaban J connectivity index is 2.31. The van der Waals surface area contributed by atoms with E-state index in [0.717, 1.165) is 5.56 Å². The molecule has 2 aromatic rings. The van der Waals surface area contributed by atoms with E-state index in [1.54, 1.807) is 0 Å². The van der Waals surface area contributed by atoms with E-state index in [2.05, 4.69) is 35.9 Å². The van der Waals surface area contributed by atoms with Crippen molar-refractivity contribution < 1.29 is 0 Å².